The Morgan fingerprint density at radius 1 is 1.58 bits per heavy atom. The molecule has 0 bridgehead atoms. The van der Waals surface area contributed by atoms with Crippen molar-refractivity contribution in [3.05, 3.63) is 33.9 Å². The van der Waals surface area contributed by atoms with Crippen LogP contribution in [0.15, 0.2) is 18.2 Å². The number of carbonyl (C=O) groups excluding carboxylic acids is 1. The highest BCUT2D eigenvalue weighted by atomic mass is 16.6. The molecule has 1 atom stereocenters. The second kappa shape index (κ2) is 5.79. The van der Waals surface area contributed by atoms with Crippen LogP contribution in [0.4, 0.5) is 11.4 Å². The van der Waals surface area contributed by atoms with Crippen LogP contribution in [-0.2, 0) is 4.74 Å². The number of ether oxygens (including phenoxy) is 1. The molecule has 0 aromatic heterocycles. The summed E-state index contributed by atoms with van der Waals surface area (Å²) in [6, 6.07) is 4.61. The molecule has 102 valence electrons. The van der Waals surface area contributed by atoms with Gasteiger partial charge < -0.3 is 9.64 Å². The van der Waals surface area contributed by atoms with Gasteiger partial charge in [0.15, 0.2) is 6.29 Å². The summed E-state index contributed by atoms with van der Waals surface area (Å²) in [6.45, 7) is 3.97. The molecule has 0 aliphatic carbocycles. The quantitative estimate of drug-likeness (QED) is 0.472. The first-order valence-electron chi connectivity index (χ1n) is 6.25. The van der Waals surface area contributed by atoms with Gasteiger partial charge in [0.05, 0.1) is 24.2 Å². The number of anilines is 1. The highest BCUT2D eigenvalue weighted by Gasteiger charge is 2.24. The fraction of sp³-hybridized carbons (Fsp3) is 0.462. The van der Waals surface area contributed by atoms with E-state index in [2.05, 4.69) is 11.8 Å². The number of aldehydes is 1. The predicted molar refractivity (Wildman–Crippen MR) is 70.7 cm³/mol. The van der Waals surface area contributed by atoms with Gasteiger partial charge in [0.2, 0.25) is 0 Å². The van der Waals surface area contributed by atoms with Crippen molar-refractivity contribution in [2.75, 3.05) is 24.7 Å². The van der Waals surface area contributed by atoms with E-state index < -0.39 is 4.92 Å². The monoisotopic (exact) mass is 264 g/mol. The van der Waals surface area contributed by atoms with Crippen molar-refractivity contribution in [1.29, 1.82) is 0 Å². The minimum absolute atomic E-state index is 0.0628. The van der Waals surface area contributed by atoms with Gasteiger partial charge in [0.1, 0.15) is 0 Å². The number of hydrogen-bond donors (Lipinski definition) is 0. The van der Waals surface area contributed by atoms with Crippen LogP contribution in [0, 0.1) is 10.1 Å². The van der Waals surface area contributed by atoms with E-state index in [0.717, 1.165) is 12.1 Å². The number of nitrogens with zero attached hydrogens (tertiary/aromatic N) is 2. The average molecular weight is 264 g/mol. The minimum atomic E-state index is -0.493. The average Bonchev–Trinajstić information content (AvgIpc) is 2.46. The summed E-state index contributed by atoms with van der Waals surface area (Å²) in [4.78, 5) is 23.5. The third-order valence-electron chi connectivity index (χ3n) is 3.36. The van der Waals surface area contributed by atoms with Crippen molar-refractivity contribution in [3.63, 3.8) is 0 Å². The molecule has 1 unspecified atom stereocenters. The Bertz CT molecular complexity index is 490. The molecular formula is C13H16N2O4. The third kappa shape index (κ3) is 2.73. The highest BCUT2D eigenvalue weighted by molar-refractivity contribution is 5.86. The lowest BCUT2D eigenvalue weighted by Crippen LogP contribution is -2.45. The van der Waals surface area contributed by atoms with Gasteiger partial charge in [-0.3, -0.25) is 14.9 Å². The molecule has 1 fully saturated rings. The zero-order chi connectivity index (χ0) is 13.8. The zero-order valence-electron chi connectivity index (χ0n) is 10.7. The van der Waals surface area contributed by atoms with E-state index in [1.807, 2.05) is 0 Å². The number of hydrogen-bond acceptors (Lipinski definition) is 5. The van der Waals surface area contributed by atoms with Crippen LogP contribution < -0.4 is 4.90 Å². The van der Waals surface area contributed by atoms with Gasteiger partial charge in [0, 0.05) is 29.9 Å². The molecule has 6 nitrogen and oxygen atoms in total. The van der Waals surface area contributed by atoms with Crippen LogP contribution in [0.1, 0.15) is 23.7 Å². The number of carbonyl (C=O) groups is 1. The highest BCUT2D eigenvalue weighted by Crippen LogP contribution is 2.27. The number of non-ortho nitro benzene ring substituents is 1. The standard InChI is InChI=1S/C13H16N2O4/c1-2-11-9-19-6-5-14(11)13-4-3-12(15(17)18)7-10(13)8-16/h3-4,7-8,11H,2,5-6,9H2,1H3. The van der Waals surface area contributed by atoms with Crippen molar-refractivity contribution in [3.8, 4) is 0 Å². The van der Waals surface area contributed by atoms with Crippen molar-refractivity contribution >= 4 is 17.7 Å². The summed E-state index contributed by atoms with van der Waals surface area (Å²) in [6.07, 6.45) is 1.57. The van der Waals surface area contributed by atoms with Gasteiger partial charge in [-0.15, -0.1) is 0 Å². The smallest absolute Gasteiger partial charge is 0.270 e. The van der Waals surface area contributed by atoms with E-state index in [0.29, 0.717) is 31.6 Å². The molecule has 0 amide bonds. The summed E-state index contributed by atoms with van der Waals surface area (Å²) in [5, 5.41) is 10.7. The summed E-state index contributed by atoms with van der Waals surface area (Å²) in [7, 11) is 0. The first-order chi connectivity index (χ1) is 9.17. The van der Waals surface area contributed by atoms with E-state index in [9.17, 15) is 14.9 Å². The summed E-state index contributed by atoms with van der Waals surface area (Å²) < 4.78 is 5.42. The van der Waals surface area contributed by atoms with Crippen molar-refractivity contribution in [1.82, 2.24) is 0 Å². The van der Waals surface area contributed by atoms with Gasteiger partial charge >= 0.3 is 0 Å². The molecule has 1 saturated heterocycles. The number of morpholine rings is 1. The molecule has 0 N–H and O–H groups in total. The molecule has 6 heteroatoms. The molecule has 1 aromatic rings. The fourth-order valence-electron chi connectivity index (χ4n) is 2.32. The maximum absolute atomic E-state index is 11.2. The van der Waals surface area contributed by atoms with Crippen LogP contribution in [0.2, 0.25) is 0 Å². The van der Waals surface area contributed by atoms with Crippen LogP contribution in [-0.4, -0.2) is 37.0 Å². The fourth-order valence-corrected chi connectivity index (χ4v) is 2.32. The Balaban J connectivity index is 2.37. The lowest BCUT2D eigenvalue weighted by atomic mass is 10.1. The Labute approximate surface area is 111 Å². The van der Waals surface area contributed by atoms with Crippen LogP contribution in [0.3, 0.4) is 0 Å². The SMILES string of the molecule is CCC1COCCN1c1ccc([N+](=O)[O-])cc1C=O. The predicted octanol–water partition coefficient (Wildman–Crippen LogP) is 2.02. The zero-order valence-corrected chi connectivity index (χ0v) is 10.7. The van der Waals surface area contributed by atoms with Gasteiger partial charge in [-0.05, 0) is 12.5 Å². The number of nitro groups is 1. The van der Waals surface area contributed by atoms with Gasteiger partial charge in [0.25, 0.3) is 5.69 Å². The lowest BCUT2D eigenvalue weighted by molar-refractivity contribution is -0.384. The van der Waals surface area contributed by atoms with E-state index in [1.165, 1.54) is 12.1 Å². The van der Waals surface area contributed by atoms with E-state index in [1.54, 1.807) is 6.07 Å². The Hall–Kier alpha value is -1.95. The molecule has 19 heavy (non-hydrogen) atoms. The van der Waals surface area contributed by atoms with Gasteiger partial charge in [-0.1, -0.05) is 6.92 Å². The van der Waals surface area contributed by atoms with E-state index in [-0.39, 0.29) is 11.7 Å². The molecule has 0 saturated carbocycles. The Morgan fingerprint density at radius 3 is 3.00 bits per heavy atom. The molecule has 1 aliphatic heterocycles. The second-order valence-corrected chi connectivity index (χ2v) is 4.45. The van der Waals surface area contributed by atoms with Crippen molar-refractivity contribution in [2.45, 2.75) is 19.4 Å². The molecule has 1 heterocycles. The van der Waals surface area contributed by atoms with E-state index in [4.69, 9.17) is 4.74 Å². The first kappa shape index (κ1) is 13.5. The Morgan fingerprint density at radius 2 is 2.37 bits per heavy atom. The lowest BCUT2D eigenvalue weighted by Gasteiger charge is -2.37. The molecule has 0 radical (unpaired) electrons. The first-order valence-corrected chi connectivity index (χ1v) is 6.25. The number of benzene rings is 1. The molecular weight excluding hydrogens is 248 g/mol. The minimum Gasteiger partial charge on any atom is -0.377 e. The maximum atomic E-state index is 11.2. The van der Waals surface area contributed by atoms with Crippen LogP contribution in [0.25, 0.3) is 0 Å². The van der Waals surface area contributed by atoms with Gasteiger partial charge in [-0.2, -0.15) is 0 Å². The van der Waals surface area contributed by atoms with Crippen LogP contribution >= 0.6 is 0 Å². The van der Waals surface area contributed by atoms with Crippen molar-refractivity contribution in [2.24, 2.45) is 0 Å². The molecule has 2 rings (SSSR count). The van der Waals surface area contributed by atoms with Crippen molar-refractivity contribution < 1.29 is 14.5 Å². The van der Waals surface area contributed by atoms with Gasteiger partial charge in [-0.25, -0.2) is 0 Å². The molecule has 1 aliphatic rings. The topological polar surface area (TPSA) is 72.7 Å². The van der Waals surface area contributed by atoms with Crippen LogP contribution in [0.5, 0.6) is 0 Å². The Kier molecular flexibility index (Phi) is 4.11. The second-order valence-electron chi connectivity index (χ2n) is 4.45. The number of rotatable bonds is 4. The van der Waals surface area contributed by atoms with E-state index >= 15 is 0 Å². The summed E-state index contributed by atoms with van der Waals surface area (Å²) in [5.41, 5.74) is 1.04. The molecule has 0 spiro atoms. The maximum Gasteiger partial charge on any atom is 0.270 e. The molecule has 1 aromatic carbocycles. The number of nitro benzene ring substituents is 1. The third-order valence-corrected chi connectivity index (χ3v) is 3.36. The normalized spacial score (nSPS) is 19.2. The summed E-state index contributed by atoms with van der Waals surface area (Å²) >= 11 is 0. The largest absolute Gasteiger partial charge is 0.377 e. The summed E-state index contributed by atoms with van der Waals surface area (Å²) in [5.74, 6) is 0.